The SMILES string of the molecule is CN1[C@@H]2CC[C@H]1C[C@@H](OC(=O)C(Cc1cccc(Cl)c1)c1ccccc1)C2. The molecule has 2 fully saturated rings. The summed E-state index contributed by atoms with van der Waals surface area (Å²) in [4.78, 5) is 15.6. The fourth-order valence-corrected chi connectivity index (χ4v) is 4.84. The number of hydrogen-bond donors (Lipinski definition) is 0. The van der Waals surface area contributed by atoms with Crippen molar-refractivity contribution in [3.8, 4) is 0 Å². The lowest BCUT2D eigenvalue weighted by molar-refractivity contribution is -0.154. The van der Waals surface area contributed by atoms with Crippen LogP contribution in [-0.2, 0) is 16.0 Å². The molecule has 2 saturated heterocycles. The number of esters is 1. The Labute approximate surface area is 166 Å². The van der Waals surface area contributed by atoms with Crippen LogP contribution >= 0.6 is 11.6 Å². The van der Waals surface area contributed by atoms with Crippen molar-refractivity contribution in [3.05, 3.63) is 70.7 Å². The smallest absolute Gasteiger partial charge is 0.314 e. The molecular weight excluding hydrogens is 358 g/mol. The second-order valence-corrected chi connectivity index (χ2v) is 8.31. The summed E-state index contributed by atoms with van der Waals surface area (Å²) < 4.78 is 6.04. The summed E-state index contributed by atoms with van der Waals surface area (Å²) in [5.41, 5.74) is 2.05. The molecule has 0 N–H and O–H groups in total. The molecule has 0 spiro atoms. The molecule has 2 aliphatic rings. The summed E-state index contributed by atoms with van der Waals surface area (Å²) in [7, 11) is 2.20. The van der Waals surface area contributed by atoms with Crippen LogP contribution in [-0.4, -0.2) is 36.1 Å². The van der Waals surface area contributed by atoms with Crippen LogP contribution in [0.25, 0.3) is 0 Å². The molecular formula is C23H26ClNO2. The predicted molar refractivity (Wildman–Crippen MR) is 108 cm³/mol. The van der Waals surface area contributed by atoms with Crippen LogP contribution in [0.1, 0.15) is 42.7 Å². The Balaban J connectivity index is 1.50. The minimum Gasteiger partial charge on any atom is -0.462 e. The number of carbonyl (C=O) groups is 1. The highest BCUT2D eigenvalue weighted by Crippen LogP contribution is 2.36. The van der Waals surface area contributed by atoms with Crippen molar-refractivity contribution >= 4 is 17.6 Å². The molecule has 0 aromatic heterocycles. The van der Waals surface area contributed by atoms with Crippen molar-refractivity contribution in [1.29, 1.82) is 0 Å². The lowest BCUT2D eigenvalue weighted by Gasteiger charge is -2.36. The average molecular weight is 384 g/mol. The Hall–Kier alpha value is -1.84. The maximum atomic E-state index is 13.1. The summed E-state index contributed by atoms with van der Waals surface area (Å²) in [6.45, 7) is 0. The van der Waals surface area contributed by atoms with Crippen LogP contribution in [0.4, 0.5) is 0 Å². The van der Waals surface area contributed by atoms with Gasteiger partial charge in [0.1, 0.15) is 6.10 Å². The normalized spacial score (nSPS) is 25.9. The molecule has 0 aliphatic carbocycles. The summed E-state index contributed by atoms with van der Waals surface area (Å²) in [5, 5.41) is 0.694. The second-order valence-electron chi connectivity index (χ2n) is 7.88. The van der Waals surface area contributed by atoms with Crippen molar-refractivity contribution in [2.24, 2.45) is 0 Å². The lowest BCUT2D eigenvalue weighted by atomic mass is 9.91. The van der Waals surface area contributed by atoms with Gasteiger partial charge in [-0.15, -0.1) is 0 Å². The number of piperidine rings is 1. The molecule has 3 nitrogen and oxygen atoms in total. The molecule has 2 aromatic rings. The van der Waals surface area contributed by atoms with E-state index < -0.39 is 0 Å². The van der Waals surface area contributed by atoms with Crippen LogP contribution in [0.2, 0.25) is 5.02 Å². The molecule has 4 rings (SSSR count). The zero-order valence-electron chi connectivity index (χ0n) is 15.7. The van der Waals surface area contributed by atoms with Crippen LogP contribution in [0, 0.1) is 0 Å². The number of rotatable bonds is 5. The number of benzene rings is 2. The Morgan fingerprint density at radius 1 is 1.11 bits per heavy atom. The van der Waals surface area contributed by atoms with E-state index in [0.29, 0.717) is 23.5 Å². The van der Waals surface area contributed by atoms with Crippen LogP contribution < -0.4 is 0 Å². The molecule has 27 heavy (non-hydrogen) atoms. The third kappa shape index (κ3) is 4.20. The van der Waals surface area contributed by atoms with E-state index >= 15 is 0 Å². The van der Waals surface area contributed by atoms with Crippen molar-refractivity contribution in [2.75, 3.05) is 7.05 Å². The Morgan fingerprint density at radius 2 is 1.81 bits per heavy atom. The first-order valence-corrected chi connectivity index (χ1v) is 10.2. The van der Waals surface area contributed by atoms with E-state index in [1.807, 2.05) is 54.6 Å². The maximum absolute atomic E-state index is 13.1. The molecule has 0 radical (unpaired) electrons. The average Bonchev–Trinajstić information content (AvgIpc) is 2.88. The Bertz CT molecular complexity index is 780. The van der Waals surface area contributed by atoms with Gasteiger partial charge in [0.05, 0.1) is 5.92 Å². The van der Waals surface area contributed by atoms with Gasteiger partial charge in [-0.3, -0.25) is 4.79 Å². The molecule has 2 heterocycles. The van der Waals surface area contributed by atoms with Gasteiger partial charge in [0.25, 0.3) is 0 Å². The van der Waals surface area contributed by atoms with Gasteiger partial charge in [-0.05, 0) is 62.4 Å². The zero-order valence-corrected chi connectivity index (χ0v) is 16.4. The fourth-order valence-electron chi connectivity index (χ4n) is 4.63. The quantitative estimate of drug-likeness (QED) is 0.692. The van der Waals surface area contributed by atoms with E-state index in [1.54, 1.807) is 0 Å². The second kappa shape index (κ2) is 8.04. The molecule has 2 aromatic carbocycles. The maximum Gasteiger partial charge on any atom is 0.314 e. The van der Waals surface area contributed by atoms with Gasteiger partial charge in [0, 0.05) is 17.1 Å². The van der Waals surface area contributed by atoms with Gasteiger partial charge < -0.3 is 9.64 Å². The third-order valence-corrected chi connectivity index (χ3v) is 6.39. The van der Waals surface area contributed by atoms with Crippen molar-refractivity contribution in [3.63, 3.8) is 0 Å². The third-order valence-electron chi connectivity index (χ3n) is 6.15. The minimum absolute atomic E-state index is 0.0387. The van der Waals surface area contributed by atoms with Gasteiger partial charge in [-0.1, -0.05) is 54.1 Å². The molecule has 0 amide bonds. The van der Waals surface area contributed by atoms with E-state index in [-0.39, 0.29) is 18.0 Å². The first kappa shape index (κ1) is 18.5. The first-order chi connectivity index (χ1) is 13.1. The molecule has 4 heteroatoms. The van der Waals surface area contributed by atoms with Gasteiger partial charge in [-0.2, -0.15) is 0 Å². The standard InChI is InChI=1S/C23H26ClNO2/c1-25-19-10-11-20(25)15-21(14-19)27-23(26)22(17-7-3-2-4-8-17)13-16-6-5-9-18(24)12-16/h2-9,12,19-22H,10-11,13-15H2,1H3/t19-,20+,21+,22?. The van der Waals surface area contributed by atoms with E-state index in [4.69, 9.17) is 16.3 Å². The number of carbonyl (C=O) groups excluding carboxylic acids is 1. The number of ether oxygens (including phenoxy) is 1. The molecule has 1 unspecified atom stereocenters. The predicted octanol–water partition coefficient (Wildman–Crippen LogP) is 4.83. The van der Waals surface area contributed by atoms with Gasteiger partial charge in [0.2, 0.25) is 0 Å². The zero-order chi connectivity index (χ0) is 18.8. The summed E-state index contributed by atoms with van der Waals surface area (Å²) >= 11 is 6.14. The summed E-state index contributed by atoms with van der Waals surface area (Å²) in [6.07, 6.45) is 4.99. The van der Waals surface area contributed by atoms with Crippen LogP contribution in [0.3, 0.4) is 0 Å². The van der Waals surface area contributed by atoms with E-state index in [2.05, 4.69) is 11.9 Å². The fraction of sp³-hybridized carbons (Fsp3) is 0.435. The van der Waals surface area contributed by atoms with Crippen LogP contribution in [0.15, 0.2) is 54.6 Å². The Morgan fingerprint density at radius 3 is 2.48 bits per heavy atom. The lowest BCUT2D eigenvalue weighted by Crippen LogP contribution is -2.43. The molecule has 4 atom stereocenters. The van der Waals surface area contributed by atoms with Gasteiger partial charge in [0.15, 0.2) is 0 Å². The summed E-state index contributed by atoms with van der Waals surface area (Å²) in [5.74, 6) is -0.419. The van der Waals surface area contributed by atoms with Crippen molar-refractivity contribution < 1.29 is 9.53 Å². The molecule has 142 valence electrons. The Kier molecular flexibility index (Phi) is 5.51. The highest BCUT2D eigenvalue weighted by molar-refractivity contribution is 6.30. The highest BCUT2D eigenvalue weighted by atomic mass is 35.5. The number of nitrogens with zero attached hydrogens (tertiary/aromatic N) is 1. The molecule has 2 aliphatic heterocycles. The first-order valence-electron chi connectivity index (χ1n) is 9.82. The van der Waals surface area contributed by atoms with Crippen molar-refractivity contribution in [1.82, 2.24) is 4.90 Å². The number of hydrogen-bond acceptors (Lipinski definition) is 3. The van der Waals surface area contributed by atoms with E-state index in [9.17, 15) is 4.79 Å². The van der Waals surface area contributed by atoms with Gasteiger partial charge >= 0.3 is 5.97 Å². The molecule has 2 bridgehead atoms. The molecule has 0 saturated carbocycles. The van der Waals surface area contributed by atoms with E-state index in [1.165, 1.54) is 12.8 Å². The number of fused-ring (bicyclic) bond motifs is 2. The highest BCUT2D eigenvalue weighted by Gasteiger charge is 2.40. The topological polar surface area (TPSA) is 29.5 Å². The number of halogens is 1. The van der Waals surface area contributed by atoms with Gasteiger partial charge in [-0.25, -0.2) is 0 Å². The summed E-state index contributed by atoms with van der Waals surface area (Å²) in [6, 6.07) is 18.8. The largest absolute Gasteiger partial charge is 0.462 e. The van der Waals surface area contributed by atoms with Crippen LogP contribution in [0.5, 0.6) is 0 Å². The monoisotopic (exact) mass is 383 g/mol. The van der Waals surface area contributed by atoms with E-state index in [0.717, 1.165) is 24.0 Å². The minimum atomic E-state index is -0.304. The van der Waals surface area contributed by atoms with Crippen molar-refractivity contribution in [2.45, 2.75) is 56.2 Å².